The van der Waals surface area contributed by atoms with Crippen LogP contribution in [0.5, 0.6) is 5.75 Å². The molecule has 0 saturated heterocycles. The number of hydrogen-bond acceptors (Lipinski definition) is 1. The number of rotatable bonds is 5. The van der Waals surface area contributed by atoms with Gasteiger partial charge >= 0.3 is 0 Å². The molecule has 0 aromatic heterocycles. The summed E-state index contributed by atoms with van der Waals surface area (Å²) in [5.74, 6) is 0.481. The molecule has 0 spiro atoms. The zero-order chi connectivity index (χ0) is 17.0. The molecule has 0 amide bonds. The van der Waals surface area contributed by atoms with Gasteiger partial charge in [0.2, 0.25) is 0 Å². The van der Waals surface area contributed by atoms with E-state index in [1.165, 1.54) is 17.2 Å². The third-order valence-electron chi connectivity index (χ3n) is 4.19. The average Bonchev–Trinajstić information content (AvgIpc) is 2.52. The van der Waals surface area contributed by atoms with Gasteiger partial charge in [-0.3, -0.25) is 0 Å². The predicted octanol–water partition coefficient (Wildman–Crippen LogP) is 6.04. The molecule has 0 radical (unpaired) electrons. The lowest BCUT2D eigenvalue weighted by Crippen LogP contribution is -2.07. The van der Waals surface area contributed by atoms with Crippen molar-refractivity contribution in [3.8, 4) is 16.9 Å². The molecule has 0 bridgehead atoms. The van der Waals surface area contributed by atoms with Crippen LogP contribution in [-0.4, -0.2) is 7.11 Å². The van der Waals surface area contributed by atoms with Gasteiger partial charge in [0.1, 0.15) is 11.6 Å². The summed E-state index contributed by atoms with van der Waals surface area (Å²) in [5.41, 5.74) is 4.36. The van der Waals surface area contributed by atoms with Gasteiger partial charge in [-0.1, -0.05) is 45.9 Å². The van der Waals surface area contributed by atoms with Crippen molar-refractivity contribution in [1.82, 2.24) is 0 Å². The molecular weight excluding hydrogens is 287 g/mol. The van der Waals surface area contributed by atoms with E-state index >= 15 is 0 Å². The Balaban J connectivity index is 2.48. The van der Waals surface area contributed by atoms with E-state index in [2.05, 4.69) is 45.9 Å². The number of benzene rings is 2. The number of hydrogen-bond donors (Lipinski definition) is 0. The maximum atomic E-state index is 14.4. The average molecular weight is 314 g/mol. The van der Waals surface area contributed by atoms with Gasteiger partial charge in [0, 0.05) is 5.56 Å². The number of aryl methyl sites for hydroxylation is 2. The molecular formula is C21H27FO. The van der Waals surface area contributed by atoms with Crippen molar-refractivity contribution in [2.75, 3.05) is 7.11 Å². The van der Waals surface area contributed by atoms with Gasteiger partial charge in [-0.15, -0.1) is 0 Å². The molecule has 0 aliphatic heterocycles. The smallest absolute Gasteiger partial charge is 0.131 e. The fourth-order valence-corrected chi connectivity index (χ4v) is 2.68. The Hall–Kier alpha value is -1.83. The van der Waals surface area contributed by atoms with E-state index in [0.717, 1.165) is 24.8 Å². The molecule has 124 valence electrons. The van der Waals surface area contributed by atoms with Crippen LogP contribution in [-0.2, 0) is 12.8 Å². The normalized spacial score (nSPS) is 11.6. The number of halogens is 1. The van der Waals surface area contributed by atoms with Crippen LogP contribution in [0.25, 0.3) is 11.1 Å². The molecule has 0 atom stereocenters. The summed E-state index contributed by atoms with van der Waals surface area (Å²) >= 11 is 0. The second kappa shape index (κ2) is 7.16. The summed E-state index contributed by atoms with van der Waals surface area (Å²) in [6.07, 6.45) is 3.01. The van der Waals surface area contributed by atoms with E-state index in [0.29, 0.717) is 11.3 Å². The van der Waals surface area contributed by atoms with E-state index in [9.17, 15) is 4.39 Å². The molecule has 1 nitrogen and oxygen atoms in total. The van der Waals surface area contributed by atoms with Crippen LogP contribution in [0.3, 0.4) is 0 Å². The summed E-state index contributed by atoms with van der Waals surface area (Å²) in [5, 5.41) is 0. The fraction of sp³-hybridized carbons (Fsp3) is 0.429. The number of ether oxygens (including phenoxy) is 1. The highest BCUT2D eigenvalue weighted by Gasteiger charge is 2.15. The standard InChI is InChI=1S/C21H27FO/c1-6-15-7-9-18(16(13-15)11-12-21(2,3)4)19-14-17(23-5)8-10-20(19)22/h7-10,13-14H,6,11-12H2,1-5H3. The topological polar surface area (TPSA) is 9.23 Å². The molecule has 0 heterocycles. The quantitative estimate of drug-likeness (QED) is 0.653. The van der Waals surface area contributed by atoms with Crippen molar-refractivity contribution in [1.29, 1.82) is 0 Å². The lowest BCUT2D eigenvalue weighted by molar-refractivity contribution is 0.378. The van der Waals surface area contributed by atoms with E-state index < -0.39 is 0 Å². The second-order valence-electron chi connectivity index (χ2n) is 7.25. The molecule has 23 heavy (non-hydrogen) atoms. The highest BCUT2D eigenvalue weighted by atomic mass is 19.1. The highest BCUT2D eigenvalue weighted by molar-refractivity contribution is 5.70. The molecule has 0 aliphatic rings. The summed E-state index contributed by atoms with van der Waals surface area (Å²) in [4.78, 5) is 0. The Morgan fingerprint density at radius 1 is 1.00 bits per heavy atom. The Labute approximate surface area is 139 Å². The van der Waals surface area contributed by atoms with Crippen molar-refractivity contribution in [3.63, 3.8) is 0 Å². The van der Waals surface area contributed by atoms with Crippen LogP contribution in [0, 0.1) is 11.2 Å². The van der Waals surface area contributed by atoms with Crippen LogP contribution in [0.1, 0.15) is 45.2 Å². The highest BCUT2D eigenvalue weighted by Crippen LogP contribution is 2.33. The third-order valence-corrected chi connectivity index (χ3v) is 4.19. The van der Waals surface area contributed by atoms with Crippen molar-refractivity contribution in [2.24, 2.45) is 5.41 Å². The first-order valence-electron chi connectivity index (χ1n) is 8.30. The molecule has 2 rings (SSSR count). The van der Waals surface area contributed by atoms with E-state index in [-0.39, 0.29) is 11.2 Å². The van der Waals surface area contributed by atoms with Crippen LogP contribution >= 0.6 is 0 Å². The van der Waals surface area contributed by atoms with Gasteiger partial charge in [0.15, 0.2) is 0 Å². The Morgan fingerprint density at radius 2 is 1.74 bits per heavy atom. The Morgan fingerprint density at radius 3 is 2.35 bits per heavy atom. The molecule has 2 aromatic rings. The first-order chi connectivity index (χ1) is 10.8. The third kappa shape index (κ3) is 4.57. The van der Waals surface area contributed by atoms with Crippen LogP contribution in [0.15, 0.2) is 36.4 Å². The SMILES string of the molecule is CCc1ccc(-c2cc(OC)ccc2F)c(CCC(C)(C)C)c1. The van der Waals surface area contributed by atoms with Crippen LogP contribution in [0.4, 0.5) is 4.39 Å². The van der Waals surface area contributed by atoms with Crippen LogP contribution in [0.2, 0.25) is 0 Å². The van der Waals surface area contributed by atoms with Gasteiger partial charge in [0.05, 0.1) is 7.11 Å². The van der Waals surface area contributed by atoms with Gasteiger partial charge < -0.3 is 4.74 Å². The summed E-state index contributed by atoms with van der Waals surface area (Å²) < 4.78 is 19.6. The maximum absolute atomic E-state index is 14.4. The minimum absolute atomic E-state index is 0.202. The molecule has 0 N–H and O–H groups in total. The minimum atomic E-state index is -0.202. The van der Waals surface area contributed by atoms with Gasteiger partial charge in [-0.05, 0) is 59.6 Å². The zero-order valence-electron chi connectivity index (χ0n) is 14.9. The van der Waals surface area contributed by atoms with Crippen molar-refractivity contribution in [3.05, 3.63) is 53.3 Å². The minimum Gasteiger partial charge on any atom is -0.497 e. The molecule has 2 aromatic carbocycles. The van der Waals surface area contributed by atoms with Crippen LogP contribution < -0.4 is 4.74 Å². The number of methoxy groups -OCH3 is 1. The van der Waals surface area contributed by atoms with E-state index in [1.807, 2.05) is 0 Å². The lowest BCUT2D eigenvalue weighted by atomic mass is 9.86. The molecule has 0 aliphatic carbocycles. The Bertz CT molecular complexity index is 668. The molecule has 2 heteroatoms. The largest absolute Gasteiger partial charge is 0.497 e. The molecule has 0 fully saturated rings. The Kier molecular flexibility index (Phi) is 5.46. The van der Waals surface area contributed by atoms with Crippen molar-refractivity contribution >= 4 is 0 Å². The zero-order valence-corrected chi connectivity index (χ0v) is 14.9. The van der Waals surface area contributed by atoms with E-state index in [4.69, 9.17) is 4.74 Å². The van der Waals surface area contributed by atoms with Crippen molar-refractivity contribution in [2.45, 2.75) is 47.0 Å². The monoisotopic (exact) mass is 314 g/mol. The molecule has 0 unspecified atom stereocenters. The summed E-state index contributed by atoms with van der Waals surface area (Å²) in [6, 6.07) is 11.3. The van der Waals surface area contributed by atoms with E-state index in [1.54, 1.807) is 19.2 Å². The first-order valence-corrected chi connectivity index (χ1v) is 8.30. The second-order valence-corrected chi connectivity index (χ2v) is 7.25. The van der Waals surface area contributed by atoms with Gasteiger partial charge in [-0.25, -0.2) is 4.39 Å². The summed E-state index contributed by atoms with van der Waals surface area (Å²) in [7, 11) is 1.61. The fourth-order valence-electron chi connectivity index (χ4n) is 2.68. The lowest BCUT2D eigenvalue weighted by Gasteiger charge is -2.20. The van der Waals surface area contributed by atoms with Gasteiger partial charge in [0.25, 0.3) is 0 Å². The first kappa shape index (κ1) is 17.5. The van der Waals surface area contributed by atoms with Gasteiger partial charge in [-0.2, -0.15) is 0 Å². The maximum Gasteiger partial charge on any atom is 0.131 e. The van der Waals surface area contributed by atoms with Crippen molar-refractivity contribution < 1.29 is 9.13 Å². The molecule has 0 saturated carbocycles. The predicted molar refractivity (Wildman–Crippen MR) is 95.5 cm³/mol. The summed E-state index contributed by atoms with van der Waals surface area (Å²) in [6.45, 7) is 8.86.